The zero-order chi connectivity index (χ0) is 14.3. The first-order valence-corrected chi connectivity index (χ1v) is 7.11. The number of nitrogens with two attached hydrogens (primary N) is 1. The van der Waals surface area contributed by atoms with E-state index in [9.17, 15) is 4.79 Å². The fourth-order valence-electron chi connectivity index (χ4n) is 1.40. The molecule has 2 N–H and O–H groups in total. The molecule has 0 unspecified atom stereocenters. The van der Waals surface area contributed by atoms with Gasteiger partial charge < -0.3 is 5.73 Å². The molecule has 0 aliphatic rings. The van der Waals surface area contributed by atoms with Crippen LogP contribution in [-0.2, 0) is 6.42 Å². The van der Waals surface area contributed by atoms with E-state index in [1.54, 1.807) is 12.3 Å². The molecule has 0 fully saturated rings. The van der Waals surface area contributed by atoms with E-state index < -0.39 is 5.91 Å². The number of pyridine rings is 1. The zero-order valence-corrected chi connectivity index (χ0v) is 12.3. The fourth-order valence-corrected chi connectivity index (χ4v) is 1.98. The second-order valence-electron chi connectivity index (χ2n) is 4.03. The Hall–Kier alpha value is -1.75. The quantitative estimate of drug-likeness (QED) is 0.936. The highest BCUT2D eigenvalue weighted by Gasteiger charge is 2.08. The summed E-state index contributed by atoms with van der Waals surface area (Å²) in [4.78, 5) is 16.3. The summed E-state index contributed by atoms with van der Waals surface area (Å²) in [5.41, 5.74) is 7.36. The molecule has 0 spiro atoms. The summed E-state index contributed by atoms with van der Waals surface area (Å²) in [5, 5.41) is 0. The molecular formula is C14H19N3OS. The Balaban J connectivity index is 0.000000550. The first-order valence-electron chi connectivity index (χ1n) is 6.34. The van der Waals surface area contributed by atoms with Gasteiger partial charge in [0, 0.05) is 11.9 Å². The number of carbonyl (C=O) groups excluding carboxylic acids is 1. The molecule has 19 heavy (non-hydrogen) atoms. The Morgan fingerprint density at radius 1 is 1.32 bits per heavy atom. The van der Waals surface area contributed by atoms with Crippen LogP contribution < -0.4 is 5.73 Å². The maximum atomic E-state index is 11.1. The number of carbonyl (C=O) groups is 1. The summed E-state index contributed by atoms with van der Waals surface area (Å²) in [5.74, 6) is -0.499. The van der Waals surface area contributed by atoms with Crippen LogP contribution in [0.5, 0.6) is 0 Å². The van der Waals surface area contributed by atoms with Gasteiger partial charge in [0.2, 0.25) is 0 Å². The molecule has 0 saturated carbocycles. The van der Waals surface area contributed by atoms with Gasteiger partial charge in [-0.05, 0) is 41.7 Å². The van der Waals surface area contributed by atoms with Gasteiger partial charge in [-0.15, -0.1) is 0 Å². The van der Waals surface area contributed by atoms with Gasteiger partial charge >= 0.3 is 0 Å². The monoisotopic (exact) mass is 277 g/mol. The van der Waals surface area contributed by atoms with Crippen LogP contribution in [0.3, 0.4) is 0 Å². The van der Waals surface area contributed by atoms with Crippen molar-refractivity contribution in [2.75, 3.05) is 0 Å². The minimum absolute atomic E-state index is 0.308. The molecule has 2 rings (SSSR count). The average Bonchev–Trinajstić information content (AvgIpc) is 2.93. The molecule has 0 atom stereocenters. The van der Waals surface area contributed by atoms with Crippen molar-refractivity contribution < 1.29 is 4.79 Å². The van der Waals surface area contributed by atoms with Gasteiger partial charge in [-0.3, -0.25) is 4.79 Å². The molecule has 102 valence electrons. The van der Waals surface area contributed by atoms with Crippen molar-refractivity contribution in [3.05, 3.63) is 35.8 Å². The Kier molecular flexibility index (Phi) is 6.15. The van der Waals surface area contributed by atoms with Crippen LogP contribution in [-0.4, -0.2) is 15.3 Å². The van der Waals surface area contributed by atoms with Gasteiger partial charge in [-0.1, -0.05) is 27.2 Å². The van der Waals surface area contributed by atoms with Crippen molar-refractivity contribution in [2.24, 2.45) is 5.73 Å². The minimum Gasteiger partial charge on any atom is -0.364 e. The van der Waals surface area contributed by atoms with Gasteiger partial charge in [-0.25, -0.2) is 9.36 Å². The maximum absolute atomic E-state index is 11.1. The second kappa shape index (κ2) is 7.63. The highest BCUT2D eigenvalue weighted by molar-refractivity contribution is 7.09. The fraction of sp³-hybridized carbons (Fsp3) is 0.357. The lowest BCUT2D eigenvalue weighted by molar-refractivity contribution is 0.0995. The van der Waals surface area contributed by atoms with Crippen LogP contribution in [0.1, 0.15) is 43.4 Å². The molecule has 1 amide bonds. The molecule has 0 saturated heterocycles. The van der Waals surface area contributed by atoms with E-state index in [0.29, 0.717) is 5.69 Å². The van der Waals surface area contributed by atoms with Crippen molar-refractivity contribution in [1.29, 1.82) is 0 Å². The number of amides is 1. The van der Waals surface area contributed by atoms with Crippen LogP contribution in [0.2, 0.25) is 0 Å². The predicted octanol–water partition coefficient (Wildman–Crippen LogP) is 3.28. The second-order valence-corrected chi connectivity index (χ2v) is 4.87. The first kappa shape index (κ1) is 15.3. The molecule has 5 heteroatoms. The standard InChI is InChI=1S/C11H11N3OS.C3H8/c1-2-8-5-7(10-3-4-13-16-10)6-9(14-8)11(12)15;1-3-2/h3-6H,2H2,1H3,(H2,12,15);3H2,1-2H3. The predicted molar refractivity (Wildman–Crippen MR) is 79.2 cm³/mol. The van der Waals surface area contributed by atoms with Gasteiger partial charge in [0.25, 0.3) is 5.91 Å². The van der Waals surface area contributed by atoms with E-state index in [2.05, 4.69) is 23.2 Å². The smallest absolute Gasteiger partial charge is 0.267 e. The molecule has 4 nitrogen and oxygen atoms in total. The number of rotatable bonds is 3. The van der Waals surface area contributed by atoms with Crippen LogP contribution in [0, 0.1) is 0 Å². The van der Waals surface area contributed by atoms with Gasteiger partial charge in [0.15, 0.2) is 0 Å². The van der Waals surface area contributed by atoms with E-state index in [1.165, 1.54) is 18.0 Å². The van der Waals surface area contributed by atoms with Crippen LogP contribution in [0.25, 0.3) is 10.4 Å². The summed E-state index contributed by atoms with van der Waals surface area (Å²) in [7, 11) is 0. The summed E-state index contributed by atoms with van der Waals surface area (Å²) in [6, 6.07) is 5.57. The summed E-state index contributed by atoms with van der Waals surface area (Å²) >= 11 is 1.39. The third-order valence-electron chi connectivity index (χ3n) is 2.22. The Morgan fingerprint density at radius 2 is 2.00 bits per heavy atom. The van der Waals surface area contributed by atoms with E-state index in [1.807, 2.05) is 19.1 Å². The lowest BCUT2D eigenvalue weighted by atomic mass is 10.1. The van der Waals surface area contributed by atoms with Gasteiger partial charge in [0.1, 0.15) is 5.69 Å². The normalized spacial score (nSPS) is 9.63. The van der Waals surface area contributed by atoms with E-state index in [-0.39, 0.29) is 0 Å². The third-order valence-corrected chi connectivity index (χ3v) is 3.01. The van der Waals surface area contributed by atoms with Crippen LogP contribution in [0.4, 0.5) is 0 Å². The highest BCUT2D eigenvalue weighted by Crippen LogP contribution is 2.24. The number of nitrogens with zero attached hydrogens (tertiary/aromatic N) is 2. The third kappa shape index (κ3) is 4.44. The minimum atomic E-state index is -0.499. The Labute approximate surface area is 117 Å². The Bertz CT molecular complexity index is 523. The molecule has 0 aliphatic carbocycles. The first-order chi connectivity index (χ1) is 9.12. The summed E-state index contributed by atoms with van der Waals surface area (Å²) in [6.45, 7) is 6.24. The molecule has 2 aromatic rings. The van der Waals surface area contributed by atoms with Crippen molar-refractivity contribution in [3.63, 3.8) is 0 Å². The van der Waals surface area contributed by atoms with Crippen LogP contribution in [0.15, 0.2) is 24.4 Å². The lowest BCUT2D eigenvalue weighted by Crippen LogP contribution is -2.14. The van der Waals surface area contributed by atoms with E-state index >= 15 is 0 Å². The van der Waals surface area contributed by atoms with Crippen molar-refractivity contribution in [1.82, 2.24) is 9.36 Å². The molecule has 0 bridgehead atoms. The number of primary amides is 1. The molecule has 2 aromatic heterocycles. The maximum Gasteiger partial charge on any atom is 0.267 e. The molecule has 2 heterocycles. The Morgan fingerprint density at radius 3 is 2.47 bits per heavy atom. The number of hydrogen-bond donors (Lipinski definition) is 1. The molecule has 0 aromatic carbocycles. The summed E-state index contributed by atoms with van der Waals surface area (Å²) < 4.78 is 4.03. The van der Waals surface area contributed by atoms with Gasteiger partial charge in [0.05, 0.1) is 4.88 Å². The topological polar surface area (TPSA) is 68.9 Å². The van der Waals surface area contributed by atoms with E-state index in [4.69, 9.17) is 5.73 Å². The largest absolute Gasteiger partial charge is 0.364 e. The van der Waals surface area contributed by atoms with Crippen LogP contribution >= 0.6 is 11.5 Å². The number of aromatic nitrogens is 2. The SMILES string of the molecule is CCC.CCc1cc(-c2ccns2)cc(C(N)=O)n1. The zero-order valence-electron chi connectivity index (χ0n) is 11.5. The molecule has 0 aliphatic heterocycles. The highest BCUT2D eigenvalue weighted by atomic mass is 32.1. The van der Waals surface area contributed by atoms with Crippen molar-refractivity contribution in [2.45, 2.75) is 33.6 Å². The molecule has 0 radical (unpaired) electrons. The molecular weight excluding hydrogens is 258 g/mol. The van der Waals surface area contributed by atoms with Crippen molar-refractivity contribution >= 4 is 17.4 Å². The lowest BCUT2D eigenvalue weighted by Gasteiger charge is -2.03. The van der Waals surface area contributed by atoms with Gasteiger partial charge in [-0.2, -0.15) is 0 Å². The summed E-state index contributed by atoms with van der Waals surface area (Å²) in [6.07, 6.45) is 3.75. The number of aryl methyl sites for hydroxylation is 1. The number of hydrogen-bond acceptors (Lipinski definition) is 4. The average molecular weight is 277 g/mol. The van der Waals surface area contributed by atoms with Crippen molar-refractivity contribution in [3.8, 4) is 10.4 Å². The van der Waals surface area contributed by atoms with E-state index in [0.717, 1.165) is 22.6 Å².